The molecule has 0 spiro atoms. The SMILES string of the molecule is CC(C)(C)[N-][Si](C)(C)C1C2CC(C(C)(C)C)CCC2C2C3CCCCC3SC21.CC(C)C1CCC2C(C1)C([Si](C)(C)[N-]C(C)(C)C)C1SC3CCCCC3C21.CC1CCC2C(C1)C([Si](C)(C)[N-]C(C)(C)C)C1SC3CCCCC3C21.[CH3-].[CH3-].[CH3-].[CH3-].[CH3-].[CH3-].[CH3-].[CH3-].[CH3-].[Ti+4].[Ti+4].[Ti+4]. The fourth-order valence-electron chi connectivity index (χ4n) is 23.8. The second-order valence-electron chi connectivity index (χ2n) is 37.0. The van der Waals surface area contributed by atoms with Crippen LogP contribution in [0.4, 0.5) is 0 Å². The van der Waals surface area contributed by atoms with E-state index in [1.165, 1.54) is 122 Å². The van der Waals surface area contributed by atoms with E-state index in [0.29, 0.717) is 5.41 Å². The minimum absolute atomic E-state index is 0. The fourth-order valence-corrected chi connectivity index (χ4v) is 47.1. The maximum Gasteiger partial charge on any atom is 4.00 e. The molecule has 0 aromatic carbocycles. The van der Waals surface area contributed by atoms with Crippen LogP contribution in [-0.2, 0) is 65.2 Å². The van der Waals surface area contributed by atoms with Gasteiger partial charge in [-0.05, 0) is 207 Å². The Kier molecular flexibility index (Phi) is 41.4. The van der Waals surface area contributed by atoms with Crippen molar-refractivity contribution in [2.24, 2.45) is 100 Å². The summed E-state index contributed by atoms with van der Waals surface area (Å²) in [6.45, 7) is 51.7. The maximum absolute atomic E-state index is 5.60. The first-order valence-corrected chi connectivity index (χ1v) is 47.2. The Labute approximate surface area is 643 Å². The van der Waals surface area contributed by atoms with Crippen LogP contribution in [0.2, 0.25) is 55.9 Å². The van der Waals surface area contributed by atoms with Crippen LogP contribution in [0.15, 0.2) is 0 Å². The van der Waals surface area contributed by atoms with Gasteiger partial charge in [0.15, 0.2) is 0 Å². The molecule has 24 atom stereocenters. The van der Waals surface area contributed by atoms with Crippen LogP contribution in [0.5, 0.6) is 0 Å². The summed E-state index contributed by atoms with van der Waals surface area (Å²) in [7, 11) is -4.86. The van der Waals surface area contributed by atoms with E-state index in [9.17, 15) is 0 Å². The number of nitrogens with zero attached hydrogens (tertiary/aromatic N) is 3. The number of rotatable bonds is 7. The van der Waals surface area contributed by atoms with Crippen molar-refractivity contribution in [3.05, 3.63) is 81.8 Å². The zero-order valence-corrected chi connectivity index (χ0v) is 77.0. The Morgan fingerprint density at radius 1 is 0.337 bits per heavy atom. The molecule has 12 rings (SSSR count). The Hall–Kier alpha value is 3.72. The van der Waals surface area contributed by atoms with Crippen molar-refractivity contribution >= 4 is 60.0 Å². The summed E-state index contributed by atoms with van der Waals surface area (Å²) < 4.78 is 0. The van der Waals surface area contributed by atoms with E-state index in [1.54, 1.807) is 12.8 Å². The Morgan fingerprint density at radius 3 is 0.924 bits per heavy atom. The molecule has 0 aromatic heterocycles. The van der Waals surface area contributed by atoms with Crippen LogP contribution in [0.1, 0.15) is 239 Å². The molecule has 0 amide bonds. The average Bonchev–Trinajstić information content (AvgIpc) is 1.61. The summed E-state index contributed by atoms with van der Waals surface area (Å²) in [5, 5.41) is 5.85. The molecule has 92 heavy (non-hydrogen) atoms. The normalized spacial score (nSPS) is 39.5. The van der Waals surface area contributed by atoms with Crippen LogP contribution in [0.25, 0.3) is 14.9 Å². The summed E-state index contributed by atoms with van der Waals surface area (Å²) in [6, 6.07) is 0. The molecular weight excluding hydrogens is 1330 g/mol. The van der Waals surface area contributed by atoms with E-state index >= 15 is 0 Å². The van der Waals surface area contributed by atoms with Gasteiger partial charge in [-0.25, -0.2) is 0 Å². The topological polar surface area (TPSA) is 42.3 Å². The van der Waals surface area contributed by atoms with Crippen molar-refractivity contribution in [2.45, 2.75) is 343 Å². The Morgan fingerprint density at radius 2 is 0.620 bits per heavy atom. The molecule has 12 aliphatic rings. The monoisotopic (exact) mass is 1480 g/mol. The van der Waals surface area contributed by atoms with Gasteiger partial charge in [0.25, 0.3) is 0 Å². The summed E-state index contributed by atoms with van der Waals surface area (Å²) in [6.07, 6.45) is 31.8. The van der Waals surface area contributed by atoms with Gasteiger partial charge in [-0.3, -0.25) is 0 Å². The minimum Gasteiger partial charge on any atom is -0.660 e. The van der Waals surface area contributed by atoms with E-state index in [2.05, 4.69) is 178 Å². The van der Waals surface area contributed by atoms with Crippen LogP contribution < -0.4 is 0 Å². The third kappa shape index (κ3) is 21.5. The predicted octanol–water partition coefficient (Wildman–Crippen LogP) is 27.0. The molecule has 0 aromatic rings. The van der Waals surface area contributed by atoms with Crippen molar-refractivity contribution in [2.75, 3.05) is 0 Å². The smallest absolute Gasteiger partial charge is 0.660 e. The van der Waals surface area contributed by atoms with Crippen LogP contribution in [0, 0.1) is 167 Å². The zero-order chi connectivity index (χ0) is 58.0. The first-order chi connectivity index (χ1) is 37.1. The van der Waals surface area contributed by atoms with E-state index < -0.39 is 24.7 Å². The molecule has 0 radical (unpaired) electrons. The van der Waals surface area contributed by atoms with E-state index in [4.69, 9.17) is 14.9 Å². The van der Waals surface area contributed by atoms with Gasteiger partial charge in [-0.1, -0.05) is 213 Å². The summed E-state index contributed by atoms with van der Waals surface area (Å²) in [5.41, 5.74) is 3.66. The minimum atomic E-state index is -1.65. The molecule has 0 N–H and O–H groups in total. The molecule has 3 nitrogen and oxygen atoms in total. The molecule has 0 bridgehead atoms. The van der Waals surface area contributed by atoms with Gasteiger partial charge < -0.3 is 81.8 Å². The Bertz CT molecular complexity index is 2090. The average molecular weight is 1490 g/mol. The largest absolute Gasteiger partial charge is 4.00 e. The van der Waals surface area contributed by atoms with Crippen LogP contribution in [0.3, 0.4) is 0 Å². The molecular formula is C80H157N3S3Si3Ti3. The third-order valence-electron chi connectivity index (χ3n) is 25.5. The second-order valence-corrected chi connectivity index (χ2v) is 53.8. The van der Waals surface area contributed by atoms with Crippen LogP contribution >= 0.6 is 35.3 Å². The van der Waals surface area contributed by atoms with Crippen molar-refractivity contribution in [3.8, 4) is 0 Å². The standard InChI is InChI=1S/C25H46NSSi.C24H44NSSi.C22H40NSSi.9CH3.3Ti/c1-24(2,3)16-13-14-17-19(15-16)23(28(7,8)26-25(4,5)6)22-21(17)18-11-9-10-12-20(18)27-22;1-15(2)16-12-13-17-19(14-16)23(27(6,7)25-24(3,4)5)22-21(17)18-10-8-9-11-20(18)26-22;1-14-11-12-15-17(13-14)21(25(5,6)23-22(2,3)4)20-19(15)16-9-7-8-10-18(16)24-20;;;;;;;;;;;;/h16-23H,9-15H2,1-8H3;15-23H,8-14H2,1-7H3;14-21H,7-13H2,1-6H3;9*1H3;;;/q12*-1;3*+4. The van der Waals surface area contributed by atoms with Gasteiger partial charge >= 0.3 is 65.2 Å². The van der Waals surface area contributed by atoms with Crippen molar-refractivity contribution < 1.29 is 65.2 Å². The molecule has 24 unspecified atom stereocenters. The first kappa shape index (κ1) is 99.9. The first-order valence-electron chi connectivity index (χ1n) is 35.3. The molecule has 534 valence electrons. The molecule has 9 aliphatic carbocycles. The van der Waals surface area contributed by atoms with Crippen molar-refractivity contribution in [1.29, 1.82) is 0 Å². The summed E-state index contributed by atoms with van der Waals surface area (Å²) in [5.74, 6) is 16.1. The van der Waals surface area contributed by atoms with Gasteiger partial charge in [-0.15, -0.1) is 16.6 Å². The summed E-state index contributed by atoms with van der Waals surface area (Å²) >= 11 is 7.42. The third-order valence-corrected chi connectivity index (χ3v) is 42.8. The van der Waals surface area contributed by atoms with E-state index in [1.807, 2.05) is 0 Å². The Balaban J connectivity index is -0.00000121. The van der Waals surface area contributed by atoms with Gasteiger partial charge in [0.2, 0.25) is 0 Å². The number of fused-ring (bicyclic) bond motifs is 15. The second kappa shape index (κ2) is 38.1. The van der Waals surface area contributed by atoms with E-state index in [0.717, 1.165) is 143 Å². The van der Waals surface area contributed by atoms with Crippen molar-refractivity contribution in [1.82, 2.24) is 0 Å². The van der Waals surface area contributed by atoms with Gasteiger partial charge in [0.1, 0.15) is 0 Å². The molecule has 12 heteroatoms. The molecule has 3 saturated heterocycles. The predicted molar refractivity (Wildman–Crippen MR) is 426 cm³/mol. The maximum atomic E-state index is 5.60. The molecule has 3 heterocycles. The zero-order valence-electron chi connectivity index (χ0n) is 66.8. The number of hydrogen-bond donors (Lipinski definition) is 0. The van der Waals surface area contributed by atoms with E-state index in [-0.39, 0.29) is 149 Å². The van der Waals surface area contributed by atoms with Gasteiger partial charge in [0.05, 0.1) is 0 Å². The number of hydrogen-bond acceptors (Lipinski definition) is 3. The van der Waals surface area contributed by atoms with Crippen molar-refractivity contribution in [3.63, 3.8) is 0 Å². The van der Waals surface area contributed by atoms with Gasteiger partial charge in [-0.2, -0.15) is 35.3 Å². The number of thioether (sulfide) groups is 3. The van der Waals surface area contributed by atoms with Gasteiger partial charge in [0, 0.05) is 31.5 Å². The quantitative estimate of drug-likeness (QED) is 0.188. The molecule has 12 fully saturated rings. The fraction of sp³-hybridized carbons (Fsp3) is 0.887. The molecule has 9 saturated carbocycles. The molecule has 3 aliphatic heterocycles. The van der Waals surface area contributed by atoms with Crippen LogP contribution in [-0.4, -0.2) is 72.8 Å². The summed E-state index contributed by atoms with van der Waals surface area (Å²) in [4.78, 5) is 16.7.